The van der Waals surface area contributed by atoms with Gasteiger partial charge >= 0.3 is 11.9 Å². The monoisotopic (exact) mass is 640 g/mol. The molecule has 0 radical (unpaired) electrons. The van der Waals surface area contributed by atoms with Gasteiger partial charge in [-0.05, 0) is 91.2 Å². The molecule has 4 aromatic rings. The summed E-state index contributed by atoms with van der Waals surface area (Å²) >= 11 is 1.57. The van der Waals surface area contributed by atoms with Crippen LogP contribution in [0.4, 0.5) is 5.13 Å². The molecule has 1 atom stereocenters. The lowest BCUT2D eigenvalue weighted by molar-refractivity contribution is -0.139. The Bertz CT molecular complexity index is 1550. The normalized spacial score (nSPS) is 14.1. The van der Waals surface area contributed by atoms with Gasteiger partial charge in [0.05, 0.1) is 11.3 Å². The number of anilines is 1. The number of ether oxygens (including phenoxy) is 2. The highest BCUT2D eigenvalue weighted by molar-refractivity contribution is 7.14. The molecule has 9 heteroatoms. The van der Waals surface area contributed by atoms with E-state index in [0.717, 1.165) is 34.1 Å². The summed E-state index contributed by atoms with van der Waals surface area (Å²) in [6.07, 6.45) is 8.60. The van der Waals surface area contributed by atoms with Crippen LogP contribution in [0.1, 0.15) is 84.3 Å². The van der Waals surface area contributed by atoms with Crippen molar-refractivity contribution >= 4 is 28.4 Å². The van der Waals surface area contributed by atoms with Crippen LogP contribution < -0.4 is 21.1 Å². The number of nitrogens with zero attached hydrogens (tertiary/aromatic N) is 2. The second-order valence-corrected chi connectivity index (χ2v) is 12.9. The van der Waals surface area contributed by atoms with Crippen LogP contribution in [0.3, 0.4) is 0 Å². The summed E-state index contributed by atoms with van der Waals surface area (Å²) in [4.78, 5) is 31.4. The number of unbranched alkanes of at least 4 members (excludes halogenated alkanes) is 1. The lowest BCUT2D eigenvalue weighted by Gasteiger charge is -2.22. The number of hydrogen-bond donors (Lipinski definition) is 2. The Morgan fingerprint density at radius 3 is 2.33 bits per heavy atom. The van der Waals surface area contributed by atoms with E-state index >= 15 is 0 Å². The maximum Gasteiger partial charge on any atom is 0.345 e. The van der Waals surface area contributed by atoms with E-state index in [2.05, 4.69) is 29.2 Å². The SMILES string of the molecule is CN(Cc1ccc(C(=O)OC(=O)[C@@H](N)CCCCN)cc1)c1nc(-c2ccc(OCc3ccc(C4CCCCC4)cc3)cc2)cs1. The van der Waals surface area contributed by atoms with Crippen LogP contribution >= 0.6 is 11.3 Å². The first-order valence-corrected chi connectivity index (χ1v) is 17.1. The zero-order valence-electron chi connectivity index (χ0n) is 26.5. The summed E-state index contributed by atoms with van der Waals surface area (Å²) in [6.45, 7) is 1.67. The molecule has 5 rings (SSSR count). The third-order valence-electron chi connectivity index (χ3n) is 8.51. The maximum atomic E-state index is 12.4. The molecule has 1 fully saturated rings. The van der Waals surface area contributed by atoms with Crippen molar-refractivity contribution in [3.63, 3.8) is 0 Å². The van der Waals surface area contributed by atoms with Crippen LogP contribution in [0.15, 0.2) is 78.2 Å². The molecule has 0 amide bonds. The first-order valence-electron chi connectivity index (χ1n) is 16.2. The van der Waals surface area contributed by atoms with Crippen molar-refractivity contribution in [1.29, 1.82) is 0 Å². The summed E-state index contributed by atoms with van der Waals surface area (Å²) in [5.41, 5.74) is 17.2. The van der Waals surface area contributed by atoms with Crippen molar-refractivity contribution in [3.8, 4) is 17.0 Å². The molecule has 3 aromatic carbocycles. The maximum absolute atomic E-state index is 12.4. The number of carbonyl (C=O) groups is 2. The van der Waals surface area contributed by atoms with Gasteiger partial charge in [0.25, 0.3) is 0 Å². The Morgan fingerprint density at radius 2 is 1.63 bits per heavy atom. The molecular formula is C37H44N4O4S. The molecule has 1 aromatic heterocycles. The fourth-order valence-corrected chi connectivity index (χ4v) is 6.52. The van der Waals surface area contributed by atoms with E-state index in [1.54, 1.807) is 23.5 Å². The molecular weight excluding hydrogens is 596 g/mol. The second kappa shape index (κ2) is 16.5. The largest absolute Gasteiger partial charge is 0.489 e. The molecule has 8 nitrogen and oxygen atoms in total. The molecule has 46 heavy (non-hydrogen) atoms. The zero-order chi connectivity index (χ0) is 32.3. The summed E-state index contributed by atoms with van der Waals surface area (Å²) in [5.74, 6) is 0.119. The highest BCUT2D eigenvalue weighted by Crippen LogP contribution is 2.33. The van der Waals surface area contributed by atoms with E-state index in [9.17, 15) is 9.59 Å². The predicted octanol–water partition coefficient (Wildman–Crippen LogP) is 7.21. The zero-order valence-corrected chi connectivity index (χ0v) is 27.3. The summed E-state index contributed by atoms with van der Waals surface area (Å²) in [7, 11) is 1.98. The average molecular weight is 641 g/mol. The number of esters is 2. The number of nitrogens with two attached hydrogens (primary N) is 2. The molecule has 1 aliphatic carbocycles. The quantitative estimate of drug-likeness (QED) is 0.0843. The highest BCUT2D eigenvalue weighted by atomic mass is 32.1. The molecule has 242 valence electrons. The minimum Gasteiger partial charge on any atom is -0.489 e. The topological polar surface area (TPSA) is 121 Å². The van der Waals surface area contributed by atoms with Crippen molar-refractivity contribution in [2.75, 3.05) is 18.5 Å². The second-order valence-electron chi connectivity index (χ2n) is 12.1. The van der Waals surface area contributed by atoms with E-state index in [0.29, 0.717) is 44.0 Å². The molecule has 0 spiro atoms. The van der Waals surface area contributed by atoms with E-state index in [-0.39, 0.29) is 0 Å². The van der Waals surface area contributed by atoms with Gasteiger partial charge in [-0.15, -0.1) is 11.3 Å². The third-order valence-corrected chi connectivity index (χ3v) is 9.46. The number of hydrogen-bond acceptors (Lipinski definition) is 9. The van der Waals surface area contributed by atoms with Crippen molar-refractivity contribution in [2.45, 2.75) is 76.5 Å². The van der Waals surface area contributed by atoms with Crippen LogP contribution in [0.25, 0.3) is 11.3 Å². The number of aromatic nitrogens is 1. The van der Waals surface area contributed by atoms with E-state index < -0.39 is 18.0 Å². The molecule has 0 unspecified atom stereocenters. The van der Waals surface area contributed by atoms with Crippen LogP contribution in [0, 0.1) is 0 Å². The van der Waals surface area contributed by atoms with Gasteiger partial charge in [-0.25, -0.2) is 14.6 Å². The minimum absolute atomic E-state index is 0.297. The van der Waals surface area contributed by atoms with Gasteiger partial charge < -0.3 is 25.8 Å². The van der Waals surface area contributed by atoms with Crippen molar-refractivity contribution in [2.24, 2.45) is 11.5 Å². The summed E-state index contributed by atoms with van der Waals surface area (Å²) in [5, 5.41) is 2.93. The number of benzene rings is 3. The van der Waals surface area contributed by atoms with E-state index in [4.69, 9.17) is 25.9 Å². The molecule has 0 saturated heterocycles. The van der Waals surface area contributed by atoms with Gasteiger partial charge in [0, 0.05) is 24.5 Å². The Morgan fingerprint density at radius 1 is 0.935 bits per heavy atom. The smallest absolute Gasteiger partial charge is 0.345 e. The average Bonchev–Trinajstić information content (AvgIpc) is 3.59. The first kappa shape index (κ1) is 33.3. The molecule has 0 aliphatic heterocycles. The van der Waals surface area contributed by atoms with Crippen LogP contribution in [-0.4, -0.2) is 36.6 Å². The number of carbonyl (C=O) groups excluding carboxylic acids is 2. The summed E-state index contributed by atoms with van der Waals surface area (Å²) in [6, 6.07) is 23.2. The highest BCUT2D eigenvalue weighted by Gasteiger charge is 2.20. The lowest BCUT2D eigenvalue weighted by atomic mass is 9.84. The molecule has 0 bridgehead atoms. The van der Waals surface area contributed by atoms with E-state index in [1.165, 1.54) is 43.2 Å². The Balaban J connectivity index is 1.09. The number of rotatable bonds is 14. The molecule has 1 heterocycles. The van der Waals surface area contributed by atoms with Crippen molar-refractivity contribution < 1.29 is 19.1 Å². The predicted molar refractivity (Wildman–Crippen MR) is 184 cm³/mol. The van der Waals surface area contributed by atoms with E-state index in [1.807, 2.05) is 48.8 Å². The Hall–Kier alpha value is -4.05. The third kappa shape index (κ3) is 9.25. The molecule has 1 saturated carbocycles. The fraction of sp³-hybridized carbons (Fsp3) is 0.378. The Kier molecular flexibility index (Phi) is 11.9. The van der Waals surface area contributed by atoms with Gasteiger partial charge in [0.15, 0.2) is 5.13 Å². The standard InChI is InChI=1S/C37H44N4O4S/c1-41(23-26-10-16-31(17-11-26)35(42)45-36(43)33(39)9-5-6-22-38)37-40-34(25-46-37)30-18-20-32(21-19-30)44-24-27-12-14-29(15-13-27)28-7-3-2-4-8-28/h10-21,25,28,33H,2-9,22-24,38-39H2,1H3/t33-/m0/s1. The lowest BCUT2D eigenvalue weighted by Crippen LogP contribution is -2.33. The van der Waals surface area contributed by atoms with Crippen molar-refractivity contribution in [1.82, 2.24) is 4.98 Å². The van der Waals surface area contributed by atoms with Crippen molar-refractivity contribution in [3.05, 3.63) is 100 Å². The fourth-order valence-electron chi connectivity index (χ4n) is 5.72. The first-order chi connectivity index (χ1) is 22.4. The molecule has 1 aliphatic rings. The van der Waals surface area contributed by atoms with Crippen LogP contribution in [0.5, 0.6) is 5.75 Å². The van der Waals surface area contributed by atoms with Crippen LogP contribution in [-0.2, 0) is 22.7 Å². The van der Waals surface area contributed by atoms with Gasteiger partial charge in [-0.1, -0.05) is 62.1 Å². The van der Waals surface area contributed by atoms with Gasteiger partial charge in [0.2, 0.25) is 0 Å². The van der Waals surface area contributed by atoms with Crippen LogP contribution in [0.2, 0.25) is 0 Å². The van der Waals surface area contributed by atoms with Gasteiger partial charge in [-0.2, -0.15) is 0 Å². The Labute approximate surface area is 275 Å². The minimum atomic E-state index is -0.836. The van der Waals surface area contributed by atoms with Gasteiger partial charge in [-0.3, -0.25) is 0 Å². The number of thiazole rings is 1. The molecule has 4 N–H and O–H groups in total. The summed E-state index contributed by atoms with van der Waals surface area (Å²) < 4.78 is 11.0. The van der Waals surface area contributed by atoms with Gasteiger partial charge in [0.1, 0.15) is 18.4 Å².